The summed E-state index contributed by atoms with van der Waals surface area (Å²) in [7, 11) is 3.08. The molecule has 5 rings (SSSR count). The number of methoxy groups -OCH3 is 2. The molecule has 4 aromatic rings. The summed E-state index contributed by atoms with van der Waals surface area (Å²) in [4.78, 5) is 26.9. The smallest absolute Gasteiger partial charge is 0.263 e. The minimum Gasteiger partial charge on any atom is -0.493 e. The fourth-order valence-electron chi connectivity index (χ4n) is 4.05. The first-order chi connectivity index (χ1) is 14.2. The summed E-state index contributed by atoms with van der Waals surface area (Å²) >= 11 is 0. The fraction of sp³-hybridized carbons (Fsp3) is 0.0833. The molecule has 0 N–H and O–H groups in total. The van der Waals surface area contributed by atoms with Gasteiger partial charge in [0.1, 0.15) is 0 Å². The molecule has 1 heterocycles. The average molecular weight is 383 g/mol. The standard InChI is InChI=1S/C24H17NO4/c1-28-19-12-17-18(13-20(19)29-2)23(26)21-15-10-6-7-11-16(15)24(27)25(22(17)21)14-8-4-3-5-9-14/h3-13H,1-2H3. The van der Waals surface area contributed by atoms with E-state index in [2.05, 4.69) is 0 Å². The van der Waals surface area contributed by atoms with Crippen molar-refractivity contribution in [1.29, 1.82) is 0 Å². The van der Waals surface area contributed by atoms with Gasteiger partial charge in [0.15, 0.2) is 17.3 Å². The first-order valence-electron chi connectivity index (χ1n) is 9.20. The monoisotopic (exact) mass is 383 g/mol. The van der Waals surface area contributed by atoms with Gasteiger partial charge < -0.3 is 9.47 Å². The van der Waals surface area contributed by atoms with Gasteiger partial charge in [-0.15, -0.1) is 0 Å². The molecule has 0 aliphatic heterocycles. The molecule has 0 bridgehead atoms. The quantitative estimate of drug-likeness (QED) is 0.468. The Bertz CT molecular complexity index is 1350. The van der Waals surface area contributed by atoms with Crippen LogP contribution in [0.2, 0.25) is 0 Å². The molecule has 1 aromatic heterocycles. The molecule has 142 valence electrons. The van der Waals surface area contributed by atoms with Crippen LogP contribution in [0.5, 0.6) is 11.5 Å². The predicted molar refractivity (Wildman–Crippen MR) is 112 cm³/mol. The molecule has 0 saturated carbocycles. The normalized spacial score (nSPS) is 12.0. The Morgan fingerprint density at radius 2 is 1.31 bits per heavy atom. The van der Waals surface area contributed by atoms with Crippen molar-refractivity contribution in [3.8, 4) is 28.4 Å². The largest absolute Gasteiger partial charge is 0.493 e. The Morgan fingerprint density at radius 3 is 1.97 bits per heavy atom. The highest BCUT2D eigenvalue weighted by atomic mass is 16.5. The third-order valence-corrected chi connectivity index (χ3v) is 5.36. The molecule has 0 unspecified atom stereocenters. The van der Waals surface area contributed by atoms with Gasteiger partial charge in [-0.05, 0) is 30.3 Å². The van der Waals surface area contributed by atoms with Crippen molar-refractivity contribution in [3.63, 3.8) is 0 Å². The van der Waals surface area contributed by atoms with Gasteiger partial charge in [-0.25, -0.2) is 0 Å². The third-order valence-electron chi connectivity index (χ3n) is 5.36. The molecule has 1 aliphatic carbocycles. The van der Waals surface area contributed by atoms with E-state index in [0.29, 0.717) is 50.3 Å². The van der Waals surface area contributed by atoms with Gasteiger partial charge in [0.05, 0.1) is 25.5 Å². The van der Waals surface area contributed by atoms with E-state index in [4.69, 9.17) is 9.47 Å². The topological polar surface area (TPSA) is 57.5 Å². The second kappa shape index (κ2) is 6.34. The van der Waals surface area contributed by atoms with E-state index >= 15 is 0 Å². The van der Waals surface area contributed by atoms with Crippen molar-refractivity contribution < 1.29 is 14.3 Å². The summed E-state index contributed by atoms with van der Waals surface area (Å²) < 4.78 is 12.5. The third kappa shape index (κ3) is 2.34. The minimum atomic E-state index is -0.166. The molecule has 0 atom stereocenters. The maximum absolute atomic E-state index is 13.5. The van der Waals surface area contributed by atoms with Crippen LogP contribution in [0, 0.1) is 0 Å². The number of hydrogen-bond acceptors (Lipinski definition) is 4. The number of para-hydroxylation sites is 1. The SMILES string of the molecule is COc1cc2c(cc1OC)-c1c(c3ccccc3c(=O)n1-c1ccccc1)C2=O. The van der Waals surface area contributed by atoms with Crippen LogP contribution in [-0.4, -0.2) is 24.6 Å². The molecule has 29 heavy (non-hydrogen) atoms. The first kappa shape index (κ1) is 17.3. The van der Waals surface area contributed by atoms with Gasteiger partial charge in [0, 0.05) is 27.6 Å². The zero-order valence-electron chi connectivity index (χ0n) is 15.9. The highest BCUT2D eigenvalue weighted by Crippen LogP contribution is 2.44. The number of carbonyl (C=O) groups is 1. The molecule has 1 aliphatic rings. The summed E-state index contributed by atoms with van der Waals surface area (Å²) in [6.07, 6.45) is 0. The van der Waals surface area contributed by atoms with E-state index in [1.807, 2.05) is 48.5 Å². The van der Waals surface area contributed by atoms with Gasteiger partial charge in [-0.3, -0.25) is 14.2 Å². The highest BCUT2D eigenvalue weighted by molar-refractivity contribution is 6.27. The Balaban J connectivity index is 1.99. The van der Waals surface area contributed by atoms with Gasteiger partial charge in [-0.1, -0.05) is 36.4 Å². The maximum atomic E-state index is 13.5. The molecule has 5 nitrogen and oxygen atoms in total. The van der Waals surface area contributed by atoms with Crippen LogP contribution in [0.15, 0.2) is 71.5 Å². The summed E-state index contributed by atoms with van der Waals surface area (Å²) in [6.45, 7) is 0. The molecule has 3 aromatic carbocycles. The lowest BCUT2D eigenvalue weighted by atomic mass is 10.0. The highest BCUT2D eigenvalue weighted by Gasteiger charge is 2.34. The van der Waals surface area contributed by atoms with Crippen LogP contribution >= 0.6 is 0 Å². The molecule has 0 amide bonds. The van der Waals surface area contributed by atoms with Crippen LogP contribution in [0.1, 0.15) is 15.9 Å². The number of pyridine rings is 1. The summed E-state index contributed by atoms with van der Waals surface area (Å²) in [5.41, 5.74) is 2.80. The molecule has 0 spiro atoms. The lowest BCUT2D eigenvalue weighted by Crippen LogP contribution is -2.21. The molecule has 0 radical (unpaired) electrons. The minimum absolute atomic E-state index is 0.128. The van der Waals surface area contributed by atoms with Crippen molar-refractivity contribution in [3.05, 3.63) is 88.2 Å². The van der Waals surface area contributed by atoms with Crippen molar-refractivity contribution in [1.82, 2.24) is 4.57 Å². The zero-order valence-corrected chi connectivity index (χ0v) is 15.9. The van der Waals surface area contributed by atoms with E-state index in [1.165, 1.54) is 7.11 Å². The van der Waals surface area contributed by atoms with Gasteiger partial charge in [0.2, 0.25) is 0 Å². The van der Waals surface area contributed by atoms with Crippen molar-refractivity contribution in [2.45, 2.75) is 0 Å². The van der Waals surface area contributed by atoms with Crippen molar-refractivity contribution >= 4 is 16.6 Å². The molecule has 0 fully saturated rings. The lowest BCUT2D eigenvalue weighted by Gasteiger charge is -2.16. The van der Waals surface area contributed by atoms with E-state index in [9.17, 15) is 9.59 Å². The number of nitrogens with zero attached hydrogens (tertiary/aromatic N) is 1. The number of aromatic nitrogens is 1. The molecular weight excluding hydrogens is 366 g/mol. The van der Waals surface area contributed by atoms with Crippen LogP contribution in [0.3, 0.4) is 0 Å². The van der Waals surface area contributed by atoms with E-state index < -0.39 is 0 Å². The van der Waals surface area contributed by atoms with Crippen LogP contribution in [0.4, 0.5) is 0 Å². The van der Waals surface area contributed by atoms with Crippen LogP contribution in [0.25, 0.3) is 27.7 Å². The Labute approximate surface area is 166 Å². The average Bonchev–Trinajstić information content (AvgIpc) is 3.05. The number of hydrogen-bond donors (Lipinski definition) is 0. The number of fused-ring (bicyclic) bond motifs is 5. The number of rotatable bonds is 3. The summed E-state index contributed by atoms with van der Waals surface area (Å²) in [5.74, 6) is 0.856. The van der Waals surface area contributed by atoms with Crippen LogP contribution in [-0.2, 0) is 0 Å². The van der Waals surface area contributed by atoms with E-state index in [1.54, 1.807) is 29.9 Å². The van der Waals surface area contributed by atoms with Crippen LogP contribution < -0.4 is 15.0 Å². The summed E-state index contributed by atoms with van der Waals surface area (Å²) in [6, 6.07) is 20.0. The zero-order chi connectivity index (χ0) is 20.1. The molecular formula is C24H17NO4. The van der Waals surface area contributed by atoms with Crippen molar-refractivity contribution in [2.75, 3.05) is 14.2 Å². The van der Waals surface area contributed by atoms with E-state index in [-0.39, 0.29) is 11.3 Å². The number of carbonyl (C=O) groups excluding carboxylic acids is 1. The van der Waals surface area contributed by atoms with Gasteiger partial charge in [0.25, 0.3) is 5.56 Å². The molecule has 5 heteroatoms. The van der Waals surface area contributed by atoms with Gasteiger partial charge in [-0.2, -0.15) is 0 Å². The van der Waals surface area contributed by atoms with Crippen molar-refractivity contribution in [2.24, 2.45) is 0 Å². The van der Waals surface area contributed by atoms with E-state index in [0.717, 1.165) is 0 Å². The number of benzene rings is 3. The Morgan fingerprint density at radius 1 is 0.724 bits per heavy atom. The predicted octanol–water partition coefficient (Wildman–Crippen LogP) is 4.22. The Hall–Kier alpha value is -3.86. The first-order valence-corrected chi connectivity index (χ1v) is 9.20. The second-order valence-corrected chi connectivity index (χ2v) is 6.83. The molecule has 0 saturated heterocycles. The Kier molecular flexibility index (Phi) is 3.77. The second-order valence-electron chi connectivity index (χ2n) is 6.83. The van der Waals surface area contributed by atoms with Gasteiger partial charge >= 0.3 is 0 Å². The fourth-order valence-corrected chi connectivity index (χ4v) is 4.05. The number of ketones is 1. The maximum Gasteiger partial charge on any atom is 0.263 e. The lowest BCUT2D eigenvalue weighted by molar-refractivity contribution is 0.104. The summed E-state index contributed by atoms with van der Waals surface area (Å²) in [5, 5.41) is 1.16. The number of ether oxygens (including phenoxy) is 2.